The first-order chi connectivity index (χ1) is 9.65. The number of aromatic nitrogens is 4. The summed E-state index contributed by atoms with van der Waals surface area (Å²) in [6, 6.07) is 0. The number of hydrogen-bond acceptors (Lipinski definition) is 7. The van der Waals surface area contributed by atoms with Crippen LogP contribution in [0.4, 0.5) is 10.9 Å². The number of aliphatic hydroxyl groups is 1. The highest BCUT2D eigenvalue weighted by Gasteiger charge is 2.17. The molecule has 0 aliphatic heterocycles. The van der Waals surface area contributed by atoms with E-state index in [0.29, 0.717) is 6.54 Å². The first-order valence-corrected chi connectivity index (χ1v) is 7.08. The minimum absolute atomic E-state index is 0.0999. The van der Waals surface area contributed by atoms with Gasteiger partial charge in [-0.3, -0.25) is 0 Å². The predicted molar refractivity (Wildman–Crippen MR) is 81.6 cm³/mol. The van der Waals surface area contributed by atoms with Gasteiger partial charge in [0.05, 0.1) is 12.9 Å². The highest BCUT2D eigenvalue weighted by atomic mass is 32.1. The molecule has 106 valence electrons. The number of aryl methyl sites for hydroxylation is 1. The van der Waals surface area contributed by atoms with Crippen molar-refractivity contribution in [3.63, 3.8) is 0 Å². The molecule has 3 aromatic rings. The Morgan fingerprint density at radius 1 is 1.40 bits per heavy atom. The molecule has 0 aliphatic rings. The fourth-order valence-corrected chi connectivity index (χ4v) is 3.08. The van der Waals surface area contributed by atoms with Crippen molar-refractivity contribution in [1.82, 2.24) is 19.5 Å². The van der Waals surface area contributed by atoms with Crippen LogP contribution in [0.25, 0.3) is 21.4 Å². The van der Waals surface area contributed by atoms with E-state index in [2.05, 4.69) is 20.3 Å². The second-order valence-corrected chi connectivity index (χ2v) is 5.51. The minimum Gasteiger partial charge on any atom is -0.395 e. The summed E-state index contributed by atoms with van der Waals surface area (Å²) in [6.45, 7) is 0.649. The lowest BCUT2D eigenvalue weighted by Gasteiger charge is -2.12. The molecule has 0 bridgehead atoms. The monoisotopic (exact) mass is 292 g/mol. The molecule has 0 radical (unpaired) electrons. The summed E-state index contributed by atoms with van der Waals surface area (Å²) in [5.74, 6) is 0.758. The number of likely N-dealkylation sites (N-methyl/N-ethyl adjacent to an activating group) is 1. The van der Waals surface area contributed by atoms with Crippen LogP contribution in [0.5, 0.6) is 0 Å². The number of pyridine rings is 1. The summed E-state index contributed by atoms with van der Waals surface area (Å²) in [5.41, 5.74) is 2.65. The van der Waals surface area contributed by atoms with Gasteiger partial charge in [0, 0.05) is 27.7 Å². The SMILES string of the molecule is CNc1nc2sc(N(C)CCO)nc2c2c1ncn2C. The molecule has 0 aromatic carbocycles. The van der Waals surface area contributed by atoms with Gasteiger partial charge in [0.2, 0.25) is 0 Å². The van der Waals surface area contributed by atoms with E-state index in [4.69, 9.17) is 5.11 Å². The van der Waals surface area contributed by atoms with Crippen molar-refractivity contribution >= 4 is 43.7 Å². The van der Waals surface area contributed by atoms with Crippen LogP contribution in [-0.4, -0.2) is 51.9 Å². The van der Waals surface area contributed by atoms with Gasteiger partial charge >= 0.3 is 0 Å². The number of rotatable bonds is 4. The molecular formula is C12H16N6OS. The van der Waals surface area contributed by atoms with Crippen molar-refractivity contribution in [3.05, 3.63) is 6.33 Å². The van der Waals surface area contributed by atoms with E-state index in [1.54, 1.807) is 6.33 Å². The normalized spacial score (nSPS) is 11.4. The van der Waals surface area contributed by atoms with E-state index in [1.807, 2.05) is 30.6 Å². The van der Waals surface area contributed by atoms with Gasteiger partial charge in [-0.2, -0.15) is 0 Å². The van der Waals surface area contributed by atoms with Gasteiger partial charge in [-0.05, 0) is 0 Å². The number of anilines is 2. The van der Waals surface area contributed by atoms with Crippen LogP contribution in [0.2, 0.25) is 0 Å². The average molecular weight is 292 g/mol. The zero-order chi connectivity index (χ0) is 14.3. The van der Waals surface area contributed by atoms with Crippen LogP contribution in [-0.2, 0) is 7.05 Å². The lowest BCUT2D eigenvalue weighted by molar-refractivity contribution is 0.304. The number of nitrogens with one attached hydrogen (secondary N) is 1. The van der Waals surface area contributed by atoms with E-state index < -0.39 is 0 Å². The third kappa shape index (κ3) is 1.88. The zero-order valence-electron chi connectivity index (χ0n) is 11.6. The molecule has 2 N–H and O–H groups in total. The van der Waals surface area contributed by atoms with E-state index in [9.17, 15) is 0 Å². The fraction of sp³-hybridized carbons (Fsp3) is 0.417. The van der Waals surface area contributed by atoms with Gasteiger partial charge in [0.1, 0.15) is 21.4 Å². The minimum atomic E-state index is 0.0999. The van der Waals surface area contributed by atoms with Crippen molar-refractivity contribution in [2.45, 2.75) is 0 Å². The van der Waals surface area contributed by atoms with Gasteiger partial charge in [-0.1, -0.05) is 11.3 Å². The Labute approximate surface area is 119 Å². The summed E-state index contributed by atoms with van der Waals surface area (Å²) >= 11 is 1.51. The van der Waals surface area contributed by atoms with Crippen LogP contribution in [0.1, 0.15) is 0 Å². The standard InChI is InChI=1S/C12H16N6OS/c1-13-10-7-9(18(3)6-14-7)8-11(16-10)20-12(15-8)17(2)4-5-19/h6,19H,4-5H2,1-3H3,(H,13,16). The molecule has 0 fully saturated rings. The van der Waals surface area contributed by atoms with Crippen LogP contribution < -0.4 is 10.2 Å². The molecule has 0 saturated heterocycles. The molecule has 7 nitrogen and oxygen atoms in total. The first-order valence-electron chi connectivity index (χ1n) is 6.27. The summed E-state index contributed by atoms with van der Waals surface area (Å²) < 4.78 is 1.95. The van der Waals surface area contributed by atoms with Crippen LogP contribution >= 0.6 is 11.3 Å². The number of thiazole rings is 1. The lowest BCUT2D eigenvalue weighted by Crippen LogP contribution is -2.20. The number of aliphatic hydroxyl groups excluding tert-OH is 1. The predicted octanol–water partition coefficient (Wildman–Crippen LogP) is 1.05. The fourth-order valence-electron chi connectivity index (χ4n) is 2.15. The van der Waals surface area contributed by atoms with Crippen LogP contribution in [0.3, 0.4) is 0 Å². The highest BCUT2D eigenvalue weighted by molar-refractivity contribution is 7.22. The Kier molecular flexibility index (Phi) is 3.19. The molecule has 0 saturated carbocycles. The smallest absolute Gasteiger partial charge is 0.187 e. The number of nitrogens with zero attached hydrogens (tertiary/aromatic N) is 5. The van der Waals surface area contributed by atoms with Crippen molar-refractivity contribution in [1.29, 1.82) is 0 Å². The average Bonchev–Trinajstić information content (AvgIpc) is 3.01. The van der Waals surface area contributed by atoms with Gasteiger partial charge in [-0.15, -0.1) is 0 Å². The molecule has 8 heteroatoms. The number of imidazole rings is 1. The Morgan fingerprint density at radius 2 is 2.20 bits per heavy atom. The molecule has 0 unspecified atom stereocenters. The molecule has 0 spiro atoms. The molecule has 3 aromatic heterocycles. The maximum absolute atomic E-state index is 9.03. The largest absolute Gasteiger partial charge is 0.395 e. The van der Waals surface area contributed by atoms with Gasteiger partial charge in [-0.25, -0.2) is 15.0 Å². The molecule has 20 heavy (non-hydrogen) atoms. The third-order valence-corrected chi connectivity index (χ3v) is 4.26. The van der Waals surface area contributed by atoms with Gasteiger partial charge in [0.15, 0.2) is 10.9 Å². The molecule has 3 rings (SSSR count). The molecule has 0 amide bonds. The van der Waals surface area contributed by atoms with Crippen LogP contribution in [0.15, 0.2) is 6.33 Å². The molecule has 0 atom stereocenters. The van der Waals surface area contributed by atoms with E-state index in [1.165, 1.54) is 11.3 Å². The van der Waals surface area contributed by atoms with Crippen molar-refractivity contribution in [2.75, 3.05) is 37.5 Å². The van der Waals surface area contributed by atoms with Crippen molar-refractivity contribution in [3.8, 4) is 0 Å². The first kappa shape index (κ1) is 13.1. The summed E-state index contributed by atoms with van der Waals surface area (Å²) in [4.78, 5) is 16.4. The topological polar surface area (TPSA) is 79.1 Å². The van der Waals surface area contributed by atoms with Crippen molar-refractivity contribution < 1.29 is 5.11 Å². The van der Waals surface area contributed by atoms with Gasteiger partial charge in [0.25, 0.3) is 0 Å². The number of fused-ring (bicyclic) bond motifs is 3. The van der Waals surface area contributed by atoms with Crippen LogP contribution in [0, 0.1) is 0 Å². The van der Waals surface area contributed by atoms with E-state index >= 15 is 0 Å². The number of hydrogen-bond donors (Lipinski definition) is 2. The summed E-state index contributed by atoms with van der Waals surface area (Å²) in [7, 11) is 5.69. The lowest BCUT2D eigenvalue weighted by atomic mass is 10.3. The summed E-state index contributed by atoms with van der Waals surface area (Å²) in [5, 5.41) is 13.0. The summed E-state index contributed by atoms with van der Waals surface area (Å²) in [6.07, 6.45) is 1.77. The second kappa shape index (κ2) is 4.88. The van der Waals surface area contributed by atoms with Gasteiger partial charge < -0.3 is 19.9 Å². The maximum atomic E-state index is 9.03. The maximum Gasteiger partial charge on any atom is 0.187 e. The van der Waals surface area contributed by atoms with E-state index in [-0.39, 0.29) is 6.61 Å². The molecule has 0 aliphatic carbocycles. The molecular weight excluding hydrogens is 276 g/mol. The molecule has 3 heterocycles. The second-order valence-electron chi connectivity index (χ2n) is 4.56. The Bertz CT molecular complexity index is 764. The quantitative estimate of drug-likeness (QED) is 0.748. The Balaban J connectivity index is 2.27. The third-order valence-electron chi connectivity index (χ3n) is 3.20. The zero-order valence-corrected chi connectivity index (χ0v) is 12.4. The highest BCUT2D eigenvalue weighted by Crippen LogP contribution is 2.33. The van der Waals surface area contributed by atoms with Crippen molar-refractivity contribution in [2.24, 2.45) is 7.05 Å². The Morgan fingerprint density at radius 3 is 2.90 bits per heavy atom. The van der Waals surface area contributed by atoms with E-state index in [0.717, 1.165) is 32.3 Å². The Hall–Kier alpha value is -1.93.